The minimum absolute atomic E-state index is 0.0138. The van der Waals surface area contributed by atoms with Crippen LogP contribution in [0.15, 0.2) is 48.8 Å². The molecule has 21 nitrogen and oxygen atoms in total. The highest BCUT2D eigenvalue weighted by Crippen LogP contribution is 2.33. The van der Waals surface area contributed by atoms with Gasteiger partial charge < -0.3 is 55.8 Å². The van der Waals surface area contributed by atoms with Crippen molar-refractivity contribution in [1.82, 2.24) is 24.6 Å². The topological polar surface area (TPSA) is 274 Å². The first-order valence-corrected chi connectivity index (χ1v) is 21.3. The number of nitrogens with one attached hydrogen (secondary N) is 4. The van der Waals surface area contributed by atoms with Crippen LogP contribution in [0.25, 0.3) is 5.65 Å². The van der Waals surface area contributed by atoms with E-state index in [1.165, 1.54) is 0 Å². The third-order valence-corrected chi connectivity index (χ3v) is 10.9. The lowest BCUT2D eigenvalue weighted by atomic mass is 9.91. The van der Waals surface area contributed by atoms with Crippen LogP contribution < -0.4 is 42.2 Å². The number of amides is 5. The maximum absolute atomic E-state index is 13.2. The zero-order valence-corrected chi connectivity index (χ0v) is 35.6. The van der Waals surface area contributed by atoms with Gasteiger partial charge in [0.25, 0.3) is 17.7 Å². The molecule has 21 heteroatoms. The van der Waals surface area contributed by atoms with Crippen LogP contribution >= 0.6 is 0 Å². The van der Waals surface area contributed by atoms with Crippen molar-refractivity contribution in [2.24, 2.45) is 11.5 Å². The number of ether oxygens (including phenoxy) is 6. The predicted molar refractivity (Wildman–Crippen MR) is 232 cm³/mol. The molecule has 1 aliphatic carbocycles. The number of benzene rings is 2. The quantitative estimate of drug-likeness (QED) is 0.0435. The second kappa shape index (κ2) is 21.8. The first kappa shape index (κ1) is 45.6. The number of hydrogen-bond donors (Lipinski definition) is 6. The van der Waals surface area contributed by atoms with Crippen molar-refractivity contribution in [2.75, 3.05) is 89.1 Å². The van der Waals surface area contributed by atoms with Gasteiger partial charge >= 0.3 is 0 Å². The van der Waals surface area contributed by atoms with Crippen LogP contribution in [0.1, 0.15) is 69.6 Å². The lowest BCUT2D eigenvalue weighted by molar-refractivity contribution is -0.136. The molecule has 4 aromatic rings. The van der Waals surface area contributed by atoms with Crippen LogP contribution in [-0.4, -0.2) is 140 Å². The van der Waals surface area contributed by atoms with E-state index in [-0.39, 0.29) is 54.0 Å². The van der Waals surface area contributed by atoms with E-state index in [4.69, 9.17) is 44.9 Å². The summed E-state index contributed by atoms with van der Waals surface area (Å²) in [4.78, 5) is 73.0. The maximum Gasteiger partial charge on any atom is 0.264 e. The third-order valence-electron chi connectivity index (χ3n) is 10.9. The van der Waals surface area contributed by atoms with Gasteiger partial charge in [0.05, 0.1) is 71.1 Å². The van der Waals surface area contributed by atoms with Crippen molar-refractivity contribution < 1.29 is 52.4 Å². The monoisotopic (exact) mass is 886 g/mol. The van der Waals surface area contributed by atoms with Crippen LogP contribution in [0.2, 0.25) is 0 Å². The number of methoxy groups -OCH3 is 1. The van der Waals surface area contributed by atoms with Crippen molar-refractivity contribution in [3.63, 3.8) is 0 Å². The Morgan fingerprint density at radius 1 is 0.875 bits per heavy atom. The van der Waals surface area contributed by atoms with Crippen LogP contribution in [0.3, 0.4) is 0 Å². The Hall–Kier alpha value is -6.39. The summed E-state index contributed by atoms with van der Waals surface area (Å²) in [5.74, 6) is -1.18. The number of imide groups is 2. The molecule has 342 valence electrons. The molecule has 8 N–H and O–H groups in total. The zero-order chi connectivity index (χ0) is 45.0. The molecule has 2 aliphatic heterocycles. The largest absolute Gasteiger partial charge is 0.497 e. The Morgan fingerprint density at radius 3 is 2.28 bits per heavy atom. The Bertz CT molecular complexity index is 2320. The number of imidazole rings is 1. The minimum Gasteiger partial charge on any atom is -0.497 e. The van der Waals surface area contributed by atoms with Gasteiger partial charge in [-0.3, -0.25) is 38.6 Å². The van der Waals surface area contributed by atoms with Gasteiger partial charge in [-0.2, -0.15) is 4.98 Å². The van der Waals surface area contributed by atoms with Crippen molar-refractivity contribution in [3.8, 4) is 11.5 Å². The lowest BCUT2D eigenvalue weighted by Crippen LogP contribution is -2.54. The van der Waals surface area contributed by atoms with Gasteiger partial charge in [-0.15, -0.1) is 0 Å². The molecule has 1 unspecified atom stereocenters. The number of aromatic nitrogens is 3. The molecule has 2 aromatic heterocycles. The molecule has 2 fully saturated rings. The van der Waals surface area contributed by atoms with E-state index in [9.17, 15) is 24.0 Å². The average molecular weight is 887 g/mol. The highest BCUT2D eigenvalue weighted by molar-refractivity contribution is 6.25. The molecular weight excluding hydrogens is 833 g/mol. The van der Waals surface area contributed by atoms with E-state index >= 15 is 0 Å². The number of piperidine rings is 1. The van der Waals surface area contributed by atoms with Gasteiger partial charge in [-0.1, -0.05) is 18.9 Å². The summed E-state index contributed by atoms with van der Waals surface area (Å²) in [6, 6.07) is 9.08. The smallest absolute Gasteiger partial charge is 0.264 e. The number of carbonyl (C=O) groups is 5. The molecule has 4 heterocycles. The molecule has 0 spiro atoms. The summed E-state index contributed by atoms with van der Waals surface area (Å²) >= 11 is 0. The standard InChI is InChI=1S/C43H54N10O11/c1-59-27-23-26(48-38-36(37(45)55)39-47-11-13-52(39)43(51-38)49-31-7-3-2-6-30(31)44)24-28(25-27)64-22-21-63-20-19-62-18-17-61-16-15-60-14-12-46-32-8-4-5-29-35(32)42(58)53(41(29)57)33-9-10-34(54)50-40(33)56/h4-5,8,11,13,23-25,30-31,33,46,48H,2-3,6-7,9-10,12,14-22,44H2,1H3,(H2,45,55)(H,49,51)(H,50,54,56)/t30-,31+,33?/m1/s1. The average Bonchev–Trinajstić information content (AvgIpc) is 3.86. The Balaban J connectivity index is 0.763. The van der Waals surface area contributed by atoms with E-state index in [2.05, 4.69) is 26.3 Å². The predicted octanol–water partition coefficient (Wildman–Crippen LogP) is 2.22. The van der Waals surface area contributed by atoms with Gasteiger partial charge in [0.1, 0.15) is 29.7 Å². The Labute approximate surface area is 368 Å². The lowest BCUT2D eigenvalue weighted by Gasteiger charge is -2.30. The summed E-state index contributed by atoms with van der Waals surface area (Å²) in [6.45, 7) is 3.36. The number of nitrogens with zero attached hydrogens (tertiary/aromatic N) is 4. The fourth-order valence-corrected chi connectivity index (χ4v) is 7.79. The van der Waals surface area contributed by atoms with Crippen LogP contribution in [0.5, 0.6) is 11.5 Å². The number of fused-ring (bicyclic) bond motifs is 2. The number of nitrogens with two attached hydrogens (primary N) is 2. The Kier molecular flexibility index (Phi) is 15.5. The van der Waals surface area contributed by atoms with Gasteiger partial charge in [0, 0.05) is 67.0 Å². The Morgan fingerprint density at radius 2 is 1.58 bits per heavy atom. The second-order valence-corrected chi connectivity index (χ2v) is 15.3. The molecule has 2 aromatic carbocycles. The third kappa shape index (κ3) is 11.0. The molecule has 0 bridgehead atoms. The van der Waals surface area contributed by atoms with E-state index < -0.39 is 35.6 Å². The van der Waals surface area contributed by atoms with E-state index in [1.807, 2.05) is 0 Å². The van der Waals surface area contributed by atoms with Gasteiger partial charge in [-0.25, -0.2) is 4.98 Å². The molecular formula is C43H54N10O11. The normalized spacial score (nSPS) is 18.5. The molecule has 64 heavy (non-hydrogen) atoms. The number of rotatable bonds is 24. The second-order valence-electron chi connectivity index (χ2n) is 15.3. The number of anilines is 4. The van der Waals surface area contributed by atoms with Crippen molar-refractivity contribution in [2.45, 2.75) is 56.7 Å². The SMILES string of the molecule is COc1cc(Nc2nc(N[C@H]3CCCC[C@H]3N)n3ccnc3c2C(N)=O)cc(OCCOCCOCCOCCOCCNc2cccc3c2C(=O)N(C2CCC(=O)NC2=O)C3=O)c1. The summed E-state index contributed by atoms with van der Waals surface area (Å²) in [5.41, 5.74) is 14.1. The fraction of sp³-hybridized carbons (Fsp3) is 0.465. The van der Waals surface area contributed by atoms with E-state index in [1.54, 1.807) is 60.3 Å². The van der Waals surface area contributed by atoms with Crippen molar-refractivity contribution in [1.29, 1.82) is 0 Å². The number of hydrogen-bond acceptors (Lipinski definition) is 17. The van der Waals surface area contributed by atoms with Gasteiger partial charge in [0.15, 0.2) is 11.5 Å². The van der Waals surface area contributed by atoms with E-state index in [0.717, 1.165) is 30.6 Å². The highest BCUT2D eigenvalue weighted by atomic mass is 16.6. The molecule has 1 saturated heterocycles. The molecule has 5 amide bonds. The molecule has 3 atom stereocenters. The number of primary amides is 1. The molecule has 0 radical (unpaired) electrons. The summed E-state index contributed by atoms with van der Waals surface area (Å²) in [5, 5.41) is 12.0. The van der Waals surface area contributed by atoms with Gasteiger partial charge in [-0.05, 0) is 31.4 Å². The van der Waals surface area contributed by atoms with Crippen LogP contribution in [0, 0.1) is 0 Å². The van der Waals surface area contributed by atoms with Crippen LogP contribution in [-0.2, 0) is 28.5 Å². The van der Waals surface area contributed by atoms with E-state index in [0.29, 0.717) is 93.9 Å². The molecule has 7 rings (SSSR count). The minimum atomic E-state index is -1.03. The first-order valence-electron chi connectivity index (χ1n) is 21.3. The highest BCUT2D eigenvalue weighted by Gasteiger charge is 2.45. The maximum atomic E-state index is 13.2. The number of carbonyl (C=O) groups excluding carboxylic acids is 5. The summed E-state index contributed by atoms with van der Waals surface area (Å²) < 4.78 is 35.6. The molecule has 3 aliphatic rings. The van der Waals surface area contributed by atoms with Crippen LogP contribution in [0.4, 0.5) is 23.1 Å². The molecule has 1 saturated carbocycles. The fourth-order valence-electron chi connectivity index (χ4n) is 7.79. The summed E-state index contributed by atoms with van der Waals surface area (Å²) in [6.07, 6.45) is 7.40. The first-order chi connectivity index (χ1) is 31.1. The zero-order valence-electron chi connectivity index (χ0n) is 35.6. The van der Waals surface area contributed by atoms with Crippen molar-refractivity contribution >= 4 is 58.3 Å². The van der Waals surface area contributed by atoms with Gasteiger partial charge in [0.2, 0.25) is 17.8 Å². The summed E-state index contributed by atoms with van der Waals surface area (Å²) in [7, 11) is 1.54. The van der Waals surface area contributed by atoms with Crippen molar-refractivity contribution in [3.05, 3.63) is 65.5 Å².